The van der Waals surface area contributed by atoms with Gasteiger partial charge in [0.15, 0.2) is 0 Å². The molecular weight excluding hydrogens is 354 g/mol. The molecule has 0 aromatic heterocycles. The molecule has 0 aliphatic heterocycles. The van der Waals surface area contributed by atoms with Gasteiger partial charge in [0, 0.05) is 29.9 Å². The molecule has 1 amide bonds. The number of nitrogens with zero attached hydrogens (tertiary/aromatic N) is 1. The average molecular weight is 375 g/mol. The predicted molar refractivity (Wildman–Crippen MR) is 97.8 cm³/mol. The van der Waals surface area contributed by atoms with Gasteiger partial charge in [-0.25, -0.2) is 4.79 Å². The fourth-order valence-corrected chi connectivity index (χ4v) is 2.44. The second-order valence-corrected chi connectivity index (χ2v) is 5.98. The van der Waals surface area contributed by atoms with E-state index in [9.17, 15) is 25.1 Å². The van der Waals surface area contributed by atoms with Gasteiger partial charge < -0.3 is 26.0 Å². The number of non-ortho nitro benzene ring substituents is 1. The standard InChI is InChI=1S/C18H21N3O6/c1-11-7-13(21(25)26)8-14(16(11)19)17(23)15(22)9-20-18(24)27-10-12-5-3-2-4-6-12/h2-8,15,17,22-23H,9-10,19H2,1H3,(H,20,24). The number of aryl methyl sites for hydroxylation is 1. The van der Waals surface area contributed by atoms with E-state index in [0.717, 1.165) is 11.6 Å². The minimum absolute atomic E-state index is 0.0219. The van der Waals surface area contributed by atoms with E-state index < -0.39 is 23.2 Å². The van der Waals surface area contributed by atoms with Gasteiger partial charge in [-0.2, -0.15) is 0 Å². The molecule has 0 aliphatic carbocycles. The molecule has 0 saturated carbocycles. The Kier molecular flexibility index (Phi) is 6.69. The second-order valence-electron chi connectivity index (χ2n) is 5.98. The van der Waals surface area contributed by atoms with Gasteiger partial charge in [0.1, 0.15) is 18.8 Å². The van der Waals surface area contributed by atoms with Crippen LogP contribution in [0.2, 0.25) is 0 Å². The lowest BCUT2D eigenvalue weighted by Gasteiger charge is -2.20. The number of hydrogen-bond acceptors (Lipinski definition) is 7. The molecule has 0 bridgehead atoms. The maximum Gasteiger partial charge on any atom is 0.407 e. The zero-order valence-corrected chi connectivity index (χ0v) is 14.7. The summed E-state index contributed by atoms with van der Waals surface area (Å²) >= 11 is 0. The highest BCUT2D eigenvalue weighted by Gasteiger charge is 2.24. The summed E-state index contributed by atoms with van der Waals surface area (Å²) in [5.74, 6) is 0. The lowest BCUT2D eigenvalue weighted by Crippen LogP contribution is -2.36. The molecule has 9 heteroatoms. The molecule has 9 nitrogen and oxygen atoms in total. The normalized spacial score (nSPS) is 12.9. The molecule has 0 heterocycles. The first-order valence-electron chi connectivity index (χ1n) is 8.14. The first-order valence-corrected chi connectivity index (χ1v) is 8.14. The molecule has 27 heavy (non-hydrogen) atoms. The first-order chi connectivity index (χ1) is 12.8. The first kappa shape index (κ1) is 20.1. The third kappa shape index (κ3) is 5.40. The van der Waals surface area contributed by atoms with Crippen molar-refractivity contribution in [2.45, 2.75) is 25.7 Å². The van der Waals surface area contributed by atoms with Crippen LogP contribution in [0, 0.1) is 17.0 Å². The Labute approximate surface area is 155 Å². The van der Waals surface area contributed by atoms with Crippen LogP contribution >= 0.6 is 0 Å². The number of nitrogen functional groups attached to an aromatic ring is 1. The maximum absolute atomic E-state index is 11.7. The molecule has 0 radical (unpaired) electrons. The third-order valence-electron chi connectivity index (χ3n) is 3.97. The number of carbonyl (C=O) groups excluding carboxylic acids is 1. The summed E-state index contributed by atoms with van der Waals surface area (Å²) in [7, 11) is 0. The Morgan fingerprint density at radius 3 is 2.59 bits per heavy atom. The number of rotatable bonds is 7. The molecule has 2 atom stereocenters. The fourth-order valence-electron chi connectivity index (χ4n) is 2.44. The van der Waals surface area contributed by atoms with Crippen LogP contribution in [0.15, 0.2) is 42.5 Å². The van der Waals surface area contributed by atoms with E-state index in [2.05, 4.69) is 5.32 Å². The van der Waals surface area contributed by atoms with Crippen LogP contribution in [-0.2, 0) is 11.3 Å². The van der Waals surface area contributed by atoms with Crippen LogP contribution < -0.4 is 11.1 Å². The number of alkyl carbamates (subject to hydrolysis) is 1. The maximum atomic E-state index is 11.7. The summed E-state index contributed by atoms with van der Waals surface area (Å²) in [6.45, 7) is 1.29. The number of aliphatic hydroxyl groups is 2. The van der Waals surface area contributed by atoms with Gasteiger partial charge in [-0.05, 0) is 18.1 Å². The summed E-state index contributed by atoms with van der Waals surface area (Å²) in [6.07, 6.45) is -3.72. The Morgan fingerprint density at radius 1 is 1.30 bits per heavy atom. The monoisotopic (exact) mass is 375 g/mol. The minimum Gasteiger partial charge on any atom is -0.445 e. The Morgan fingerprint density at radius 2 is 1.96 bits per heavy atom. The van der Waals surface area contributed by atoms with E-state index in [1.165, 1.54) is 6.07 Å². The summed E-state index contributed by atoms with van der Waals surface area (Å²) in [5.41, 5.74) is 6.96. The van der Waals surface area contributed by atoms with E-state index in [0.29, 0.717) is 5.56 Å². The lowest BCUT2D eigenvalue weighted by atomic mass is 9.98. The van der Waals surface area contributed by atoms with Crippen molar-refractivity contribution in [3.63, 3.8) is 0 Å². The van der Waals surface area contributed by atoms with Gasteiger partial charge in [0.05, 0.1) is 4.92 Å². The van der Waals surface area contributed by atoms with Crippen molar-refractivity contribution in [2.75, 3.05) is 12.3 Å². The smallest absolute Gasteiger partial charge is 0.407 e. The predicted octanol–water partition coefficient (Wildman–Crippen LogP) is 1.81. The summed E-state index contributed by atoms with van der Waals surface area (Å²) < 4.78 is 5.00. The zero-order valence-electron chi connectivity index (χ0n) is 14.7. The van der Waals surface area contributed by atoms with Crippen LogP contribution in [-0.4, -0.2) is 33.9 Å². The molecule has 0 aliphatic rings. The van der Waals surface area contributed by atoms with Crippen LogP contribution in [0.5, 0.6) is 0 Å². The number of ether oxygens (including phenoxy) is 1. The highest BCUT2D eigenvalue weighted by Crippen LogP contribution is 2.30. The number of aliphatic hydroxyl groups excluding tert-OH is 2. The van der Waals surface area contributed by atoms with E-state index in [1.54, 1.807) is 19.1 Å². The number of anilines is 1. The van der Waals surface area contributed by atoms with Gasteiger partial charge >= 0.3 is 6.09 Å². The molecule has 5 N–H and O–H groups in total. The number of carbonyl (C=O) groups is 1. The zero-order chi connectivity index (χ0) is 20.0. The highest BCUT2D eigenvalue weighted by atomic mass is 16.6. The summed E-state index contributed by atoms with van der Waals surface area (Å²) in [5, 5.41) is 33.7. The van der Waals surface area contributed by atoms with Crippen molar-refractivity contribution in [3.8, 4) is 0 Å². The van der Waals surface area contributed by atoms with Gasteiger partial charge in [-0.3, -0.25) is 10.1 Å². The van der Waals surface area contributed by atoms with Crippen molar-refractivity contribution in [3.05, 3.63) is 69.3 Å². The summed E-state index contributed by atoms with van der Waals surface area (Å²) in [4.78, 5) is 22.0. The highest BCUT2D eigenvalue weighted by molar-refractivity contribution is 5.67. The largest absolute Gasteiger partial charge is 0.445 e. The molecular formula is C18H21N3O6. The van der Waals surface area contributed by atoms with E-state index in [-0.39, 0.29) is 30.1 Å². The lowest BCUT2D eigenvalue weighted by molar-refractivity contribution is -0.385. The van der Waals surface area contributed by atoms with Crippen LogP contribution in [0.4, 0.5) is 16.2 Å². The van der Waals surface area contributed by atoms with Gasteiger partial charge in [0.25, 0.3) is 5.69 Å². The van der Waals surface area contributed by atoms with Crippen LogP contribution in [0.25, 0.3) is 0 Å². The number of nitrogens with two attached hydrogens (primary N) is 1. The number of nitrogens with one attached hydrogen (secondary N) is 1. The molecule has 2 unspecified atom stereocenters. The van der Waals surface area contributed by atoms with Crippen molar-refractivity contribution in [2.24, 2.45) is 0 Å². The second kappa shape index (κ2) is 8.97. The molecule has 0 fully saturated rings. The Hall–Kier alpha value is -3.17. The number of benzene rings is 2. The Balaban J connectivity index is 1.94. The molecule has 2 aromatic carbocycles. The number of nitro benzene ring substituents is 1. The Bertz CT molecular complexity index is 812. The van der Waals surface area contributed by atoms with Crippen molar-refractivity contribution in [1.82, 2.24) is 5.32 Å². The fraction of sp³-hybridized carbons (Fsp3) is 0.278. The van der Waals surface area contributed by atoms with Crippen molar-refractivity contribution in [1.29, 1.82) is 0 Å². The van der Waals surface area contributed by atoms with E-state index >= 15 is 0 Å². The third-order valence-corrected chi connectivity index (χ3v) is 3.97. The van der Waals surface area contributed by atoms with Crippen LogP contribution in [0.1, 0.15) is 22.8 Å². The van der Waals surface area contributed by atoms with Crippen molar-refractivity contribution < 1.29 is 24.7 Å². The van der Waals surface area contributed by atoms with Gasteiger partial charge in [-0.1, -0.05) is 30.3 Å². The SMILES string of the molecule is Cc1cc([N+](=O)[O-])cc(C(O)C(O)CNC(=O)OCc2ccccc2)c1N. The van der Waals surface area contributed by atoms with Gasteiger partial charge in [0.2, 0.25) is 0 Å². The molecule has 0 saturated heterocycles. The number of amides is 1. The molecule has 144 valence electrons. The number of hydrogen-bond donors (Lipinski definition) is 4. The van der Waals surface area contributed by atoms with E-state index in [1.807, 2.05) is 18.2 Å². The quantitative estimate of drug-likeness (QED) is 0.328. The average Bonchev–Trinajstić information content (AvgIpc) is 2.66. The molecule has 0 spiro atoms. The van der Waals surface area contributed by atoms with E-state index in [4.69, 9.17) is 10.5 Å². The molecule has 2 rings (SSSR count). The topological polar surface area (TPSA) is 148 Å². The molecule has 2 aromatic rings. The van der Waals surface area contributed by atoms with Gasteiger partial charge in [-0.15, -0.1) is 0 Å². The number of nitro groups is 1. The minimum atomic E-state index is -1.52. The van der Waals surface area contributed by atoms with Crippen LogP contribution in [0.3, 0.4) is 0 Å². The van der Waals surface area contributed by atoms with Crippen molar-refractivity contribution >= 4 is 17.5 Å². The summed E-state index contributed by atoms with van der Waals surface area (Å²) in [6, 6.07) is 11.4.